The molecule has 0 bridgehead atoms. The number of nitrogens with one attached hydrogen (secondary N) is 2. The predicted molar refractivity (Wildman–Crippen MR) is 141 cm³/mol. The Morgan fingerprint density at radius 1 is 1.26 bits per heavy atom. The maximum atomic E-state index is 11.0. The fourth-order valence-corrected chi connectivity index (χ4v) is 3.26. The summed E-state index contributed by atoms with van der Waals surface area (Å²) < 4.78 is 11.2. The van der Waals surface area contributed by atoms with Gasteiger partial charge in [0, 0.05) is 29.8 Å². The zero-order chi connectivity index (χ0) is 26.1. The van der Waals surface area contributed by atoms with E-state index in [-0.39, 0.29) is 17.6 Å². The number of pyridine rings is 1. The number of rotatable bonds is 6. The highest BCUT2D eigenvalue weighted by atomic mass is 16.6. The quantitative estimate of drug-likeness (QED) is 0.404. The van der Waals surface area contributed by atoms with E-state index in [0.29, 0.717) is 11.8 Å². The highest BCUT2D eigenvalue weighted by Crippen LogP contribution is 2.30. The van der Waals surface area contributed by atoms with Gasteiger partial charge in [-0.15, -0.1) is 0 Å². The third-order valence-electron chi connectivity index (χ3n) is 6.49. The molecule has 3 heterocycles. The van der Waals surface area contributed by atoms with Crippen LogP contribution in [0, 0.1) is 36.5 Å². The van der Waals surface area contributed by atoms with Gasteiger partial charge < -0.3 is 24.9 Å². The first-order chi connectivity index (χ1) is 16.8. The number of hydrogen-bond acceptors (Lipinski definition) is 5. The molecule has 3 fully saturated rings. The number of carbonyl (C=O) groups is 1. The Balaban J connectivity index is 0.000000268. The van der Waals surface area contributed by atoms with Gasteiger partial charge in [0.05, 0.1) is 13.2 Å². The number of ether oxygens (including phenoxy) is 2. The number of aromatic nitrogens is 1. The fourth-order valence-electron chi connectivity index (χ4n) is 3.26. The fraction of sp³-hybridized carbons (Fsp3) is 0.714. The van der Waals surface area contributed by atoms with Gasteiger partial charge in [-0.1, -0.05) is 46.0 Å². The SMILES string of the molecule is C1CCNC1.CCC(C)CCOC1(C(C)C)COC1.Cc1cc(C#CC2CC2)c[nH]c1=O.O=CO. The van der Waals surface area contributed by atoms with Crippen LogP contribution in [0.25, 0.3) is 0 Å². The normalized spacial score (nSPS) is 18.1. The van der Waals surface area contributed by atoms with E-state index in [2.05, 4.69) is 49.8 Å². The first-order valence-electron chi connectivity index (χ1n) is 13.0. The molecule has 35 heavy (non-hydrogen) atoms. The summed E-state index contributed by atoms with van der Waals surface area (Å²) in [6.07, 6.45) is 9.33. The maximum absolute atomic E-state index is 11.0. The number of aryl methyl sites for hydroxylation is 1. The van der Waals surface area contributed by atoms with Crippen molar-refractivity contribution in [2.75, 3.05) is 32.9 Å². The van der Waals surface area contributed by atoms with Gasteiger partial charge in [0.15, 0.2) is 0 Å². The van der Waals surface area contributed by atoms with Crippen molar-refractivity contribution in [3.05, 3.63) is 33.7 Å². The van der Waals surface area contributed by atoms with Crippen LogP contribution in [0.1, 0.15) is 77.3 Å². The highest BCUT2D eigenvalue weighted by Gasteiger charge is 2.42. The van der Waals surface area contributed by atoms with Crippen LogP contribution in [-0.4, -0.2) is 55.1 Å². The van der Waals surface area contributed by atoms with E-state index in [1.54, 1.807) is 13.1 Å². The average Bonchev–Trinajstić information content (AvgIpc) is 3.43. The molecule has 4 rings (SSSR count). The van der Waals surface area contributed by atoms with Crippen molar-refractivity contribution in [2.24, 2.45) is 17.8 Å². The van der Waals surface area contributed by atoms with Crippen molar-refractivity contribution in [2.45, 2.75) is 78.7 Å². The topological polar surface area (TPSA) is 101 Å². The van der Waals surface area contributed by atoms with E-state index in [9.17, 15) is 4.79 Å². The van der Waals surface area contributed by atoms with Crippen LogP contribution in [0.5, 0.6) is 0 Å². The van der Waals surface area contributed by atoms with Crippen LogP contribution in [0.2, 0.25) is 0 Å². The summed E-state index contributed by atoms with van der Waals surface area (Å²) in [4.78, 5) is 22.0. The molecule has 1 aliphatic carbocycles. The number of aromatic amines is 1. The molecular formula is C28H46N2O5. The molecule has 2 aliphatic heterocycles. The molecule has 0 aromatic carbocycles. The number of carboxylic acid groups (broad SMARTS) is 1. The van der Waals surface area contributed by atoms with Crippen molar-refractivity contribution < 1.29 is 19.4 Å². The molecule has 0 amide bonds. The van der Waals surface area contributed by atoms with Crippen LogP contribution in [-0.2, 0) is 14.3 Å². The van der Waals surface area contributed by atoms with E-state index < -0.39 is 0 Å². The first kappa shape index (κ1) is 30.9. The first-order valence-corrected chi connectivity index (χ1v) is 13.0. The van der Waals surface area contributed by atoms with Crippen molar-refractivity contribution >= 4 is 6.47 Å². The standard InChI is InChI=1S/C12H24O2.C11H11NO.C4H9N.CH2O2/c1-5-11(4)6-7-14-12(10(2)3)8-13-9-12;1-8-6-10(7-12-11(8)13)5-4-9-2-3-9;1-2-4-5-3-1;2-1-3/h10-11H,5-9H2,1-4H3;6-7,9H,2-3H2,1H3,(H,12,13);5H,1-4H2;1H,(H,2,3). The molecule has 0 radical (unpaired) electrons. The largest absolute Gasteiger partial charge is 0.483 e. The molecule has 1 atom stereocenters. The second kappa shape index (κ2) is 17.3. The molecule has 3 N–H and O–H groups in total. The molecule has 1 unspecified atom stereocenters. The maximum Gasteiger partial charge on any atom is 0.290 e. The number of hydrogen-bond donors (Lipinski definition) is 3. The molecule has 198 valence electrons. The summed E-state index contributed by atoms with van der Waals surface area (Å²) in [5.74, 6) is 8.15. The van der Waals surface area contributed by atoms with Crippen molar-refractivity contribution in [1.29, 1.82) is 0 Å². The Kier molecular flexibility index (Phi) is 15.3. The van der Waals surface area contributed by atoms with Crippen LogP contribution in [0.15, 0.2) is 17.1 Å². The average molecular weight is 491 g/mol. The van der Waals surface area contributed by atoms with Gasteiger partial charge in [0.2, 0.25) is 0 Å². The minimum atomic E-state index is -0.250. The summed E-state index contributed by atoms with van der Waals surface area (Å²) in [6, 6.07) is 1.83. The van der Waals surface area contributed by atoms with Crippen LogP contribution < -0.4 is 10.9 Å². The second-order valence-electron chi connectivity index (χ2n) is 9.87. The monoisotopic (exact) mass is 490 g/mol. The zero-order valence-corrected chi connectivity index (χ0v) is 22.3. The van der Waals surface area contributed by atoms with E-state index in [1.165, 1.54) is 51.6 Å². The molecule has 2 saturated heterocycles. The molecule has 3 aliphatic rings. The van der Waals surface area contributed by atoms with Crippen molar-refractivity contribution in [3.63, 3.8) is 0 Å². The Hall–Kier alpha value is -2.14. The lowest BCUT2D eigenvalue weighted by Crippen LogP contribution is -2.56. The van der Waals surface area contributed by atoms with Gasteiger partial charge in [0.1, 0.15) is 5.60 Å². The van der Waals surface area contributed by atoms with E-state index >= 15 is 0 Å². The molecule has 7 nitrogen and oxygen atoms in total. The van der Waals surface area contributed by atoms with Gasteiger partial charge in [-0.2, -0.15) is 0 Å². The highest BCUT2D eigenvalue weighted by molar-refractivity contribution is 5.35. The van der Waals surface area contributed by atoms with E-state index in [0.717, 1.165) is 36.9 Å². The minimum absolute atomic E-state index is 0.0306. The van der Waals surface area contributed by atoms with Crippen LogP contribution >= 0.6 is 0 Å². The Bertz CT molecular complexity index is 820. The van der Waals surface area contributed by atoms with Crippen molar-refractivity contribution in [1.82, 2.24) is 10.3 Å². The van der Waals surface area contributed by atoms with Gasteiger partial charge in [-0.3, -0.25) is 9.59 Å². The summed E-state index contributed by atoms with van der Waals surface area (Å²) in [7, 11) is 0. The van der Waals surface area contributed by atoms with E-state index in [4.69, 9.17) is 19.4 Å². The third-order valence-corrected chi connectivity index (χ3v) is 6.49. The van der Waals surface area contributed by atoms with Gasteiger partial charge in [-0.05, 0) is 70.0 Å². The Labute approximate surface area is 211 Å². The van der Waals surface area contributed by atoms with Crippen LogP contribution in [0.4, 0.5) is 0 Å². The molecule has 1 aromatic rings. The van der Waals surface area contributed by atoms with Gasteiger partial charge in [0.25, 0.3) is 12.0 Å². The summed E-state index contributed by atoms with van der Waals surface area (Å²) in [5.41, 5.74) is 1.64. The molecular weight excluding hydrogens is 444 g/mol. The summed E-state index contributed by atoms with van der Waals surface area (Å²) in [5, 5.41) is 10.1. The van der Waals surface area contributed by atoms with Crippen LogP contribution in [0.3, 0.4) is 0 Å². The Morgan fingerprint density at radius 3 is 2.29 bits per heavy atom. The summed E-state index contributed by atoms with van der Waals surface area (Å²) in [6.45, 7) is 15.4. The smallest absolute Gasteiger partial charge is 0.290 e. The molecule has 1 saturated carbocycles. The minimum Gasteiger partial charge on any atom is -0.483 e. The zero-order valence-electron chi connectivity index (χ0n) is 22.3. The summed E-state index contributed by atoms with van der Waals surface area (Å²) >= 11 is 0. The van der Waals surface area contributed by atoms with E-state index in [1.807, 2.05) is 6.07 Å². The molecule has 0 spiro atoms. The second-order valence-corrected chi connectivity index (χ2v) is 9.87. The lowest BCUT2D eigenvalue weighted by atomic mass is 9.88. The van der Waals surface area contributed by atoms with Crippen molar-refractivity contribution in [3.8, 4) is 11.8 Å². The predicted octanol–water partition coefficient (Wildman–Crippen LogP) is 4.38. The molecule has 7 heteroatoms. The van der Waals surface area contributed by atoms with Gasteiger partial charge >= 0.3 is 0 Å². The molecule has 1 aromatic heterocycles. The third kappa shape index (κ3) is 12.9. The van der Waals surface area contributed by atoms with Gasteiger partial charge in [-0.25, -0.2) is 0 Å². The lowest BCUT2D eigenvalue weighted by molar-refractivity contribution is -0.231. The lowest BCUT2D eigenvalue weighted by Gasteiger charge is -2.44. The Morgan fingerprint density at radius 2 is 1.89 bits per heavy atom. The number of H-pyrrole nitrogens is 1.